The number of carbonyl (C=O) groups is 3. The van der Waals surface area contributed by atoms with Crippen LogP contribution in [0.25, 0.3) is 0 Å². The largest absolute Gasteiger partial charge is 0.507 e. The monoisotopic (exact) mass is 514 g/mol. The fourth-order valence-electron chi connectivity index (χ4n) is 5.42. The molecule has 1 heterocycles. The Morgan fingerprint density at radius 1 is 1.05 bits per heavy atom. The highest BCUT2D eigenvalue weighted by molar-refractivity contribution is 6.31. The number of ether oxygens (including phenoxy) is 3. The highest BCUT2D eigenvalue weighted by Crippen LogP contribution is 2.51. The van der Waals surface area contributed by atoms with Crippen molar-refractivity contribution in [1.29, 1.82) is 0 Å². The standard InChI is InChI=1S/C26H26O11/c1-35-15-4-2-3-11-18(15)24(32)21-20(22(11)30)23(31)12-7-10(14(29)9-27)8-16(19(12)25(21)33)36-17-6-5-13(28)26(34)37-17/h2-4,10,13,16-17,26-28,31,33-34H,5-9H2,1H3/t10?,13?,16-,17?,26?/m0/s1. The van der Waals surface area contributed by atoms with E-state index in [4.69, 9.17) is 14.2 Å². The highest BCUT2D eigenvalue weighted by atomic mass is 16.7. The number of phenols is 2. The van der Waals surface area contributed by atoms with Crippen molar-refractivity contribution in [3.05, 3.63) is 51.6 Å². The Hall–Kier alpha value is -3.35. The summed E-state index contributed by atoms with van der Waals surface area (Å²) in [5.74, 6) is -3.78. The van der Waals surface area contributed by atoms with E-state index in [1.165, 1.54) is 25.3 Å². The summed E-state index contributed by atoms with van der Waals surface area (Å²) in [5.41, 5.74) is -0.776. The number of hydrogen-bond acceptors (Lipinski definition) is 11. The van der Waals surface area contributed by atoms with Crippen molar-refractivity contribution < 1.29 is 54.1 Å². The molecule has 1 aliphatic heterocycles. The van der Waals surface area contributed by atoms with Gasteiger partial charge in [0.25, 0.3) is 0 Å². The first-order chi connectivity index (χ1) is 17.7. The number of ketones is 3. The van der Waals surface area contributed by atoms with E-state index >= 15 is 0 Å². The number of fused-ring (bicyclic) bond motifs is 3. The number of carbonyl (C=O) groups excluding carboxylic acids is 3. The van der Waals surface area contributed by atoms with E-state index in [0.29, 0.717) is 0 Å². The molecular weight excluding hydrogens is 488 g/mol. The zero-order valence-electron chi connectivity index (χ0n) is 19.8. The van der Waals surface area contributed by atoms with Gasteiger partial charge in [0.2, 0.25) is 5.78 Å². The second-order valence-electron chi connectivity index (χ2n) is 9.37. The zero-order chi connectivity index (χ0) is 26.6. The minimum atomic E-state index is -1.51. The lowest BCUT2D eigenvalue weighted by Gasteiger charge is -2.37. The SMILES string of the molecule is COc1cccc2c1C(=O)c1c(O)c3c(c(O)c1C2=O)CC(C(=O)CO)C[C@@H]3OC1CCC(O)C(O)O1. The summed E-state index contributed by atoms with van der Waals surface area (Å²) >= 11 is 0. The Morgan fingerprint density at radius 2 is 1.78 bits per heavy atom. The number of hydrogen-bond donors (Lipinski definition) is 5. The number of Topliss-reactive ketones (excluding diaryl/α,β-unsaturated/α-hetero) is 1. The summed E-state index contributed by atoms with van der Waals surface area (Å²) in [7, 11) is 1.34. The van der Waals surface area contributed by atoms with E-state index in [-0.39, 0.29) is 59.3 Å². The summed E-state index contributed by atoms with van der Waals surface area (Å²) in [5, 5.41) is 51.7. The van der Waals surface area contributed by atoms with E-state index in [9.17, 15) is 39.9 Å². The molecule has 0 bridgehead atoms. The summed E-state index contributed by atoms with van der Waals surface area (Å²) in [4.78, 5) is 39.5. The van der Waals surface area contributed by atoms with E-state index < -0.39 is 71.7 Å². The molecule has 5 rings (SSSR count). The summed E-state index contributed by atoms with van der Waals surface area (Å²) in [6, 6.07) is 4.45. The van der Waals surface area contributed by atoms with E-state index in [0.717, 1.165) is 0 Å². The molecule has 0 amide bonds. The lowest BCUT2D eigenvalue weighted by Crippen LogP contribution is -2.41. The van der Waals surface area contributed by atoms with Crippen LogP contribution in [-0.2, 0) is 20.7 Å². The van der Waals surface area contributed by atoms with Crippen LogP contribution in [0.3, 0.4) is 0 Å². The maximum atomic E-state index is 13.6. The number of aliphatic hydroxyl groups is 3. The van der Waals surface area contributed by atoms with E-state index in [1.54, 1.807) is 0 Å². The van der Waals surface area contributed by atoms with Crippen LogP contribution >= 0.6 is 0 Å². The third-order valence-electron chi connectivity index (χ3n) is 7.28. The van der Waals surface area contributed by atoms with Crippen molar-refractivity contribution in [2.75, 3.05) is 13.7 Å². The first kappa shape index (κ1) is 25.3. The number of aromatic hydroxyl groups is 2. The van der Waals surface area contributed by atoms with E-state index in [1.807, 2.05) is 0 Å². The lowest BCUT2D eigenvalue weighted by atomic mass is 9.73. The molecule has 1 fully saturated rings. The first-order valence-electron chi connectivity index (χ1n) is 11.9. The van der Waals surface area contributed by atoms with E-state index in [2.05, 4.69) is 0 Å². The van der Waals surface area contributed by atoms with Crippen LogP contribution in [-0.4, -0.2) is 75.3 Å². The lowest BCUT2D eigenvalue weighted by molar-refractivity contribution is -0.295. The Balaban J connectivity index is 1.66. The maximum absolute atomic E-state index is 13.6. The highest BCUT2D eigenvalue weighted by Gasteiger charge is 2.44. The van der Waals surface area contributed by atoms with Gasteiger partial charge in [0, 0.05) is 29.0 Å². The quantitative estimate of drug-likeness (QED) is 0.305. The molecule has 0 aromatic heterocycles. The minimum Gasteiger partial charge on any atom is -0.507 e. The number of rotatable bonds is 5. The zero-order valence-corrected chi connectivity index (χ0v) is 19.8. The van der Waals surface area contributed by atoms with Crippen molar-refractivity contribution in [3.63, 3.8) is 0 Å². The Kier molecular flexibility index (Phi) is 6.50. The molecule has 0 spiro atoms. The Labute approximate surface area is 210 Å². The average molecular weight is 514 g/mol. The van der Waals surface area contributed by atoms with Gasteiger partial charge in [-0.05, 0) is 25.3 Å². The van der Waals surface area contributed by atoms with Gasteiger partial charge in [-0.3, -0.25) is 14.4 Å². The molecule has 3 aliphatic rings. The van der Waals surface area contributed by atoms with Gasteiger partial charge in [0.15, 0.2) is 24.1 Å². The van der Waals surface area contributed by atoms with Gasteiger partial charge in [-0.15, -0.1) is 0 Å². The molecule has 2 aromatic rings. The van der Waals surface area contributed by atoms with Crippen LogP contribution in [0, 0.1) is 5.92 Å². The summed E-state index contributed by atoms with van der Waals surface area (Å²) < 4.78 is 16.5. The molecule has 196 valence electrons. The Morgan fingerprint density at radius 3 is 2.46 bits per heavy atom. The van der Waals surface area contributed by atoms with Crippen LogP contribution in [0.1, 0.15) is 68.3 Å². The molecule has 37 heavy (non-hydrogen) atoms. The number of methoxy groups -OCH3 is 1. The smallest absolute Gasteiger partial charge is 0.202 e. The molecule has 0 radical (unpaired) electrons. The third-order valence-corrected chi connectivity index (χ3v) is 7.28. The number of phenolic OH excluding ortho intramolecular Hbond substituents is 2. The fourth-order valence-corrected chi connectivity index (χ4v) is 5.42. The molecule has 5 atom stereocenters. The van der Waals surface area contributed by atoms with Gasteiger partial charge in [0.05, 0.1) is 29.9 Å². The molecule has 2 aliphatic carbocycles. The summed E-state index contributed by atoms with van der Waals surface area (Å²) in [6.45, 7) is -0.764. The third kappa shape index (κ3) is 3.99. The van der Waals surface area contributed by atoms with Crippen molar-refractivity contribution in [2.45, 2.75) is 50.5 Å². The maximum Gasteiger partial charge on any atom is 0.202 e. The predicted molar refractivity (Wildman–Crippen MR) is 123 cm³/mol. The second-order valence-corrected chi connectivity index (χ2v) is 9.37. The van der Waals surface area contributed by atoms with Gasteiger partial charge in [-0.25, -0.2) is 0 Å². The molecule has 2 aromatic carbocycles. The average Bonchev–Trinajstić information content (AvgIpc) is 2.90. The van der Waals surface area contributed by atoms with Gasteiger partial charge >= 0.3 is 0 Å². The predicted octanol–water partition coefficient (Wildman–Crippen LogP) is 0.879. The summed E-state index contributed by atoms with van der Waals surface area (Å²) in [6.07, 6.45) is -4.54. The van der Waals surface area contributed by atoms with Crippen LogP contribution < -0.4 is 4.74 Å². The molecule has 11 heteroatoms. The van der Waals surface area contributed by atoms with Crippen molar-refractivity contribution in [1.82, 2.24) is 0 Å². The van der Waals surface area contributed by atoms with Gasteiger partial charge in [-0.1, -0.05) is 12.1 Å². The number of aliphatic hydroxyl groups excluding tert-OH is 3. The van der Waals surface area contributed by atoms with Crippen molar-refractivity contribution in [3.8, 4) is 17.2 Å². The van der Waals surface area contributed by atoms with Gasteiger partial charge in [0.1, 0.15) is 30.0 Å². The number of benzene rings is 2. The van der Waals surface area contributed by atoms with Crippen LogP contribution in [0.5, 0.6) is 17.2 Å². The molecule has 0 saturated carbocycles. The molecule has 11 nitrogen and oxygen atoms in total. The molecule has 5 N–H and O–H groups in total. The molecular formula is C26H26O11. The van der Waals surface area contributed by atoms with Crippen LogP contribution in [0.4, 0.5) is 0 Å². The molecule has 4 unspecified atom stereocenters. The first-order valence-corrected chi connectivity index (χ1v) is 11.9. The topological polar surface area (TPSA) is 180 Å². The fraction of sp³-hybridized carbons (Fsp3) is 0.423. The van der Waals surface area contributed by atoms with Gasteiger partial charge in [-0.2, -0.15) is 0 Å². The van der Waals surface area contributed by atoms with Gasteiger partial charge < -0.3 is 39.7 Å². The Bertz CT molecular complexity index is 1300. The van der Waals surface area contributed by atoms with Crippen molar-refractivity contribution in [2.24, 2.45) is 5.92 Å². The second kappa shape index (κ2) is 9.51. The van der Waals surface area contributed by atoms with Crippen LogP contribution in [0.2, 0.25) is 0 Å². The minimum absolute atomic E-state index is 0.00115. The molecule has 1 saturated heterocycles. The normalized spacial score (nSPS) is 26.8. The van der Waals surface area contributed by atoms with Crippen molar-refractivity contribution >= 4 is 17.3 Å². The van der Waals surface area contributed by atoms with Crippen LogP contribution in [0.15, 0.2) is 18.2 Å².